The van der Waals surface area contributed by atoms with Crippen LogP contribution in [0.4, 0.5) is 0 Å². The molecule has 0 fully saturated rings. The van der Waals surface area contributed by atoms with E-state index >= 15 is 0 Å². The second-order valence-electron chi connectivity index (χ2n) is 0.724. The summed E-state index contributed by atoms with van der Waals surface area (Å²) in [5.74, 6) is 0. The molecule has 36 valence electrons. The Bertz CT molecular complexity index is 37.8. The molecule has 0 rings (SSSR count). The molecule has 0 saturated heterocycles. The van der Waals surface area contributed by atoms with Gasteiger partial charge in [0.2, 0.25) is 0 Å². The van der Waals surface area contributed by atoms with E-state index in [9.17, 15) is 0 Å². The molecule has 0 aliphatic carbocycles. The number of nitrogens with zero attached hydrogens (tertiary/aromatic N) is 1. The van der Waals surface area contributed by atoms with Gasteiger partial charge in [0.15, 0.2) is 0 Å². The highest BCUT2D eigenvalue weighted by atomic mass is 16.3. The fraction of sp³-hybridized carbons (Fsp3) is 1.00. The van der Waals surface area contributed by atoms with Gasteiger partial charge < -0.3 is 5.11 Å². The highest BCUT2D eigenvalue weighted by Crippen LogP contribution is 1.53. The molecule has 0 atom stereocenters. The topological polar surface area (TPSA) is 68.5 Å². The zero-order valence-corrected chi connectivity index (χ0v) is 3.31. The van der Waals surface area contributed by atoms with Gasteiger partial charge >= 0.3 is 0 Å². The zero-order valence-electron chi connectivity index (χ0n) is 3.31. The number of nitrogens with one attached hydrogen (secondary N) is 2. The van der Waals surface area contributed by atoms with E-state index < -0.39 is 0 Å². The van der Waals surface area contributed by atoms with E-state index in [1.165, 1.54) is 0 Å². The Kier molecular flexibility index (Phi) is 4.16. The van der Waals surface area contributed by atoms with Gasteiger partial charge in [-0.25, -0.2) is 5.53 Å². The normalized spacial score (nSPS) is 8.17. The summed E-state index contributed by atoms with van der Waals surface area (Å²) in [4.78, 5) is 0. The Labute approximate surface area is 35.7 Å². The molecular weight excluding hydrogens is 82.0 g/mol. The van der Waals surface area contributed by atoms with Crippen LogP contribution in [0.1, 0.15) is 0 Å². The lowest BCUT2D eigenvalue weighted by Gasteiger charge is -1.86. The minimum atomic E-state index is -0.109. The van der Waals surface area contributed by atoms with Crippen molar-refractivity contribution in [2.24, 2.45) is 5.11 Å². The van der Waals surface area contributed by atoms with E-state index in [-0.39, 0.29) is 13.4 Å². The minimum absolute atomic E-state index is 0.109. The van der Waals surface area contributed by atoms with Gasteiger partial charge in [-0.1, -0.05) is 0 Å². The second kappa shape index (κ2) is 4.52. The van der Waals surface area contributed by atoms with Gasteiger partial charge in [-0.3, -0.25) is 5.32 Å². The van der Waals surface area contributed by atoms with Crippen LogP contribution in [0.5, 0.6) is 0 Å². The number of rotatable bonds is 3. The van der Waals surface area contributed by atoms with Crippen molar-refractivity contribution in [1.82, 2.24) is 5.32 Å². The van der Waals surface area contributed by atoms with Gasteiger partial charge in [0.05, 0.1) is 6.73 Å². The summed E-state index contributed by atoms with van der Waals surface area (Å²) in [6.45, 7) is 0.0961. The molecule has 0 aromatic heterocycles. The molecule has 4 heteroatoms. The maximum absolute atomic E-state index is 7.94. The van der Waals surface area contributed by atoms with Crippen LogP contribution in [-0.2, 0) is 0 Å². The monoisotopic (exact) mass is 89.1 g/mol. The Morgan fingerprint density at radius 3 is 2.67 bits per heavy atom. The van der Waals surface area contributed by atoms with E-state index in [1.807, 2.05) is 0 Å². The first-order valence-corrected chi connectivity index (χ1v) is 1.56. The molecular formula is C2H7N3O. The summed E-state index contributed by atoms with van der Waals surface area (Å²) in [5.41, 5.74) is 6.16. The van der Waals surface area contributed by atoms with Crippen LogP contribution in [0, 0.1) is 5.53 Å². The van der Waals surface area contributed by atoms with Crippen LogP contribution in [-0.4, -0.2) is 18.5 Å². The molecule has 0 aromatic carbocycles. The van der Waals surface area contributed by atoms with Crippen molar-refractivity contribution in [1.29, 1.82) is 5.53 Å². The van der Waals surface area contributed by atoms with Crippen molar-refractivity contribution in [3.05, 3.63) is 0 Å². The molecule has 0 radical (unpaired) electrons. The Morgan fingerprint density at radius 1 is 1.83 bits per heavy atom. The third-order valence-corrected chi connectivity index (χ3v) is 0.303. The molecule has 0 aromatic rings. The Morgan fingerprint density at radius 2 is 2.50 bits per heavy atom. The molecule has 0 bridgehead atoms. The summed E-state index contributed by atoms with van der Waals surface area (Å²) in [6.07, 6.45) is 0. The molecule has 0 heterocycles. The van der Waals surface area contributed by atoms with Crippen molar-refractivity contribution >= 4 is 0 Å². The van der Waals surface area contributed by atoms with Crippen molar-refractivity contribution in [3.63, 3.8) is 0 Å². The smallest absolute Gasteiger partial charge is 0.111 e. The number of hydrogen-bond donors (Lipinski definition) is 3. The van der Waals surface area contributed by atoms with Gasteiger partial charge in [0.1, 0.15) is 6.67 Å². The van der Waals surface area contributed by atoms with Crippen LogP contribution >= 0.6 is 0 Å². The van der Waals surface area contributed by atoms with Gasteiger partial charge in [-0.15, -0.1) is 0 Å². The second-order valence-corrected chi connectivity index (χ2v) is 0.724. The maximum atomic E-state index is 7.94. The van der Waals surface area contributed by atoms with Gasteiger partial charge in [-0.2, -0.15) is 5.11 Å². The number of aliphatic hydroxyl groups excluding tert-OH is 1. The standard InChI is InChI=1S/C2H7N3O/c3-5-1-4-2-6/h3-4,6H,1-2H2. The van der Waals surface area contributed by atoms with E-state index in [2.05, 4.69) is 10.4 Å². The van der Waals surface area contributed by atoms with Gasteiger partial charge in [0, 0.05) is 0 Å². The summed E-state index contributed by atoms with van der Waals surface area (Å²) >= 11 is 0. The fourth-order valence-electron chi connectivity index (χ4n) is 0.106. The lowest BCUT2D eigenvalue weighted by Crippen LogP contribution is -2.13. The van der Waals surface area contributed by atoms with E-state index in [4.69, 9.17) is 10.6 Å². The first kappa shape index (κ1) is 5.52. The fourth-order valence-corrected chi connectivity index (χ4v) is 0.106. The van der Waals surface area contributed by atoms with Crippen LogP contribution in [0.3, 0.4) is 0 Å². The summed E-state index contributed by atoms with van der Waals surface area (Å²) < 4.78 is 0. The van der Waals surface area contributed by atoms with Crippen molar-refractivity contribution in [3.8, 4) is 0 Å². The molecule has 0 saturated carbocycles. The third kappa shape index (κ3) is 3.52. The lowest BCUT2D eigenvalue weighted by molar-refractivity contribution is 0.261. The van der Waals surface area contributed by atoms with Crippen LogP contribution in [0.15, 0.2) is 5.11 Å². The van der Waals surface area contributed by atoms with Crippen LogP contribution < -0.4 is 5.32 Å². The van der Waals surface area contributed by atoms with E-state index in [0.717, 1.165) is 0 Å². The molecule has 3 N–H and O–H groups in total. The average Bonchev–Trinajstić information content (AvgIpc) is 1.61. The predicted molar refractivity (Wildman–Crippen MR) is 20.2 cm³/mol. The van der Waals surface area contributed by atoms with E-state index in [1.54, 1.807) is 0 Å². The maximum Gasteiger partial charge on any atom is 0.111 e. The van der Waals surface area contributed by atoms with Gasteiger partial charge in [0.25, 0.3) is 0 Å². The largest absolute Gasteiger partial charge is 0.381 e. The minimum Gasteiger partial charge on any atom is -0.381 e. The molecule has 0 spiro atoms. The number of hydrogen-bond acceptors (Lipinski definition) is 4. The number of aliphatic hydroxyl groups is 1. The molecule has 0 amide bonds. The zero-order chi connectivity index (χ0) is 4.83. The highest BCUT2D eigenvalue weighted by molar-refractivity contribution is 4.22. The van der Waals surface area contributed by atoms with Crippen molar-refractivity contribution in [2.45, 2.75) is 0 Å². The Balaban J connectivity index is 2.49. The van der Waals surface area contributed by atoms with Crippen LogP contribution in [0.25, 0.3) is 0 Å². The molecule has 0 unspecified atom stereocenters. The first-order valence-electron chi connectivity index (χ1n) is 1.56. The highest BCUT2D eigenvalue weighted by Gasteiger charge is 1.69. The third-order valence-electron chi connectivity index (χ3n) is 0.303. The van der Waals surface area contributed by atoms with E-state index in [0.29, 0.717) is 0 Å². The van der Waals surface area contributed by atoms with Gasteiger partial charge in [-0.05, 0) is 0 Å². The quantitative estimate of drug-likeness (QED) is 0.248. The van der Waals surface area contributed by atoms with Crippen molar-refractivity contribution < 1.29 is 5.11 Å². The summed E-state index contributed by atoms with van der Waals surface area (Å²) in [5, 5.41) is 13.2. The summed E-state index contributed by atoms with van der Waals surface area (Å²) in [6, 6.07) is 0. The summed E-state index contributed by atoms with van der Waals surface area (Å²) in [7, 11) is 0. The predicted octanol–water partition coefficient (Wildman–Crippen LogP) is -0.486. The molecule has 4 nitrogen and oxygen atoms in total. The molecule has 0 aliphatic heterocycles. The molecule has 6 heavy (non-hydrogen) atoms. The SMILES string of the molecule is N=NCNCO. The first-order chi connectivity index (χ1) is 2.91. The molecule has 0 aliphatic rings. The van der Waals surface area contributed by atoms with Crippen LogP contribution in [0.2, 0.25) is 0 Å². The lowest BCUT2D eigenvalue weighted by atomic mass is 11.0. The Hall–Kier alpha value is -0.480. The van der Waals surface area contributed by atoms with Crippen molar-refractivity contribution in [2.75, 3.05) is 13.4 Å². The average molecular weight is 89.1 g/mol.